The molecule has 0 saturated heterocycles. The topological polar surface area (TPSA) is 71.4 Å². The van der Waals surface area contributed by atoms with Gasteiger partial charge in [-0.2, -0.15) is 18.3 Å². The van der Waals surface area contributed by atoms with E-state index in [9.17, 15) is 21.6 Å². The van der Waals surface area contributed by atoms with Crippen LogP contribution in [0.5, 0.6) is 0 Å². The van der Waals surface area contributed by atoms with Gasteiger partial charge in [0.2, 0.25) is 0 Å². The molecule has 26 heavy (non-hydrogen) atoms. The maximum absolute atomic E-state index is 12.7. The van der Waals surface area contributed by atoms with Crippen molar-refractivity contribution in [1.82, 2.24) is 4.98 Å². The highest BCUT2D eigenvalue weighted by Gasteiger charge is 2.34. The van der Waals surface area contributed by atoms with Crippen LogP contribution >= 0.6 is 0 Å². The molecule has 1 rings (SSSR count). The van der Waals surface area contributed by atoms with E-state index in [0.717, 1.165) is 18.5 Å². The molecule has 1 heterocycles. The summed E-state index contributed by atoms with van der Waals surface area (Å²) in [5.41, 5.74) is 1.00. The van der Waals surface area contributed by atoms with Gasteiger partial charge in [0.1, 0.15) is 5.82 Å². The number of hydrazone groups is 1. The maximum Gasteiger partial charge on any atom is 0.435 e. The second-order valence-corrected chi connectivity index (χ2v) is 6.83. The third-order valence-electron chi connectivity index (χ3n) is 2.64. The molecule has 0 aliphatic heterocycles. The first-order valence-electron chi connectivity index (χ1n) is 7.50. The predicted octanol–water partition coefficient (Wildman–Crippen LogP) is 4.53. The number of hydrogen-bond donors (Lipinski definition) is 1. The van der Waals surface area contributed by atoms with Gasteiger partial charge in [0.15, 0.2) is 15.5 Å². The number of nitrogens with zero attached hydrogens (tertiary/aromatic N) is 2. The van der Waals surface area contributed by atoms with E-state index in [1.54, 1.807) is 13.0 Å². The fraction of sp³-hybridized carbons (Fsp3) is 0.294. The van der Waals surface area contributed by atoms with Gasteiger partial charge in [0.05, 0.1) is 4.90 Å². The van der Waals surface area contributed by atoms with Crippen LogP contribution < -0.4 is 5.43 Å². The van der Waals surface area contributed by atoms with Gasteiger partial charge in [0, 0.05) is 12.5 Å². The summed E-state index contributed by atoms with van der Waals surface area (Å²) in [6.45, 7) is 5.67. The van der Waals surface area contributed by atoms with Crippen molar-refractivity contribution in [2.45, 2.75) is 31.8 Å². The molecule has 0 radical (unpaired) electrons. The lowest BCUT2D eigenvalue weighted by atomic mass is 10.3. The summed E-state index contributed by atoms with van der Waals surface area (Å²) in [4.78, 5) is 3.66. The molecule has 1 aromatic heterocycles. The largest absolute Gasteiger partial charge is 0.435 e. The first-order chi connectivity index (χ1) is 12.1. The molecule has 0 fully saturated rings. The van der Waals surface area contributed by atoms with Crippen LogP contribution in [-0.4, -0.2) is 31.5 Å². The van der Waals surface area contributed by atoms with Gasteiger partial charge >= 0.3 is 6.18 Å². The van der Waals surface area contributed by atoms with E-state index < -0.39 is 21.7 Å². The lowest BCUT2D eigenvalue weighted by molar-refractivity contribution is -0.0577. The molecule has 1 aromatic rings. The standard InChI is InChI=1S/C13H14F3N3O2S.C4H8/c1-3-4-5-6-11(13(14,15)16)18-19-12-8-7-10(9-17-12)22(2,20)21;1-3-4-2/h3-9H,1-2H3,(H,17,19);3-4H,1-2H3/b4-3+,6-5+,18-11+;4-3-. The second kappa shape index (κ2) is 11.2. The first kappa shape index (κ1) is 23.6. The zero-order valence-electron chi connectivity index (χ0n) is 14.9. The molecule has 5 nitrogen and oxygen atoms in total. The highest BCUT2D eigenvalue weighted by atomic mass is 32.2. The number of aromatic nitrogens is 1. The van der Waals surface area contributed by atoms with E-state index >= 15 is 0 Å². The summed E-state index contributed by atoms with van der Waals surface area (Å²) in [5, 5.41) is 3.24. The van der Waals surface area contributed by atoms with E-state index in [1.165, 1.54) is 24.3 Å². The number of pyridine rings is 1. The van der Waals surface area contributed by atoms with Gasteiger partial charge in [-0.05, 0) is 39.0 Å². The normalized spacial score (nSPS) is 13.3. The molecule has 0 bridgehead atoms. The lowest BCUT2D eigenvalue weighted by Crippen LogP contribution is -2.22. The molecule has 0 aliphatic carbocycles. The number of alkyl halides is 3. The number of sulfone groups is 1. The molecule has 9 heteroatoms. The zero-order chi connectivity index (χ0) is 20.2. The van der Waals surface area contributed by atoms with E-state index in [2.05, 4.69) is 15.5 Å². The fourth-order valence-electron chi connectivity index (χ4n) is 1.24. The quantitative estimate of drug-likeness (QED) is 0.348. The van der Waals surface area contributed by atoms with Crippen LogP contribution in [0.1, 0.15) is 20.8 Å². The number of anilines is 1. The Morgan fingerprint density at radius 3 is 2.12 bits per heavy atom. The average Bonchev–Trinajstić information content (AvgIpc) is 2.56. The fourth-order valence-corrected chi connectivity index (χ4v) is 1.80. The Bertz CT molecular complexity index is 759. The SMILES string of the molecule is C/C=C/C=C/C(=N\Nc1ccc(S(C)(=O)=O)cn1)C(F)(F)F.C/C=C\C. The third-order valence-corrected chi connectivity index (χ3v) is 3.73. The van der Waals surface area contributed by atoms with E-state index in [1.807, 2.05) is 26.0 Å². The van der Waals surface area contributed by atoms with Crippen LogP contribution in [-0.2, 0) is 9.84 Å². The molecule has 0 aromatic carbocycles. The van der Waals surface area contributed by atoms with Crippen LogP contribution in [0.25, 0.3) is 0 Å². The first-order valence-corrected chi connectivity index (χ1v) is 9.39. The van der Waals surface area contributed by atoms with Crippen molar-refractivity contribution in [3.05, 3.63) is 54.8 Å². The summed E-state index contributed by atoms with van der Waals surface area (Å²) >= 11 is 0. The monoisotopic (exact) mass is 389 g/mol. The van der Waals surface area contributed by atoms with Crippen molar-refractivity contribution in [2.24, 2.45) is 5.10 Å². The highest BCUT2D eigenvalue weighted by molar-refractivity contribution is 7.90. The van der Waals surface area contributed by atoms with Crippen LogP contribution in [0.2, 0.25) is 0 Å². The van der Waals surface area contributed by atoms with Crippen molar-refractivity contribution < 1.29 is 21.6 Å². The number of allylic oxidation sites excluding steroid dienone is 6. The number of hydrogen-bond acceptors (Lipinski definition) is 5. The molecule has 0 unspecified atom stereocenters. The van der Waals surface area contributed by atoms with Gasteiger partial charge in [-0.1, -0.05) is 30.4 Å². The Kier molecular flexibility index (Phi) is 10.2. The van der Waals surface area contributed by atoms with Crippen molar-refractivity contribution >= 4 is 21.4 Å². The maximum atomic E-state index is 12.7. The van der Waals surface area contributed by atoms with Crippen LogP contribution in [0, 0.1) is 0 Å². The zero-order valence-corrected chi connectivity index (χ0v) is 15.8. The van der Waals surface area contributed by atoms with Crippen molar-refractivity contribution in [2.75, 3.05) is 11.7 Å². The van der Waals surface area contributed by atoms with Crippen molar-refractivity contribution in [1.29, 1.82) is 0 Å². The second-order valence-electron chi connectivity index (χ2n) is 4.81. The van der Waals surface area contributed by atoms with Gasteiger partial charge in [-0.15, -0.1) is 0 Å². The van der Waals surface area contributed by atoms with E-state index in [-0.39, 0.29) is 10.7 Å². The predicted molar refractivity (Wildman–Crippen MR) is 98.9 cm³/mol. The number of halogens is 3. The van der Waals surface area contributed by atoms with E-state index in [4.69, 9.17) is 0 Å². The summed E-state index contributed by atoms with van der Waals surface area (Å²) in [5.74, 6) is -0.00594. The van der Waals surface area contributed by atoms with Crippen LogP contribution in [0.15, 0.2) is 64.8 Å². The lowest BCUT2D eigenvalue weighted by Gasteiger charge is -2.07. The van der Waals surface area contributed by atoms with Crippen LogP contribution in [0.4, 0.5) is 19.0 Å². The minimum absolute atomic E-state index is 0.00594. The average molecular weight is 389 g/mol. The summed E-state index contributed by atoms with van der Waals surface area (Å²) in [6.07, 6.45) is 6.42. The molecule has 0 aliphatic rings. The Hall–Kier alpha value is -2.42. The minimum Gasteiger partial charge on any atom is -0.261 e. The van der Waals surface area contributed by atoms with Crippen molar-refractivity contribution in [3.63, 3.8) is 0 Å². The summed E-state index contributed by atoms with van der Waals surface area (Å²) in [6, 6.07) is 2.45. The number of rotatable bonds is 5. The molecule has 1 N–H and O–H groups in total. The molecule has 0 spiro atoms. The summed E-state index contributed by atoms with van der Waals surface area (Å²) < 4.78 is 60.6. The van der Waals surface area contributed by atoms with Gasteiger partial charge < -0.3 is 0 Å². The van der Waals surface area contributed by atoms with E-state index in [0.29, 0.717) is 0 Å². The highest BCUT2D eigenvalue weighted by Crippen LogP contribution is 2.19. The van der Waals surface area contributed by atoms with Gasteiger partial charge in [-0.25, -0.2) is 13.4 Å². The Labute approximate surface area is 152 Å². The Morgan fingerprint density at radius 1 is 1.12 bits per heavy atom. The Balaban J connectivity index is 0.00000141. The molecule has 0 amide bonds. The van der Waals surface area contributed by atoms with Crippen molar-refractivity contribution in [3.8, 4) is 0 Å². The minimum atomic E-state index is -4.63. The molecular formula is C17H22F3N3O2S. The summed E-state index contributed by atoms with van der Waals surface area (Å²) in [7, 11) is -3.41. The molecule has 0 atom stereocenters. The molecular weight excluding hydrogens is 367 g/mol. The van der Waals surface area contributed by atoms with Gasteiger partial charge in [-0.3, -0.25) is 5.43 Å². The third kappa shape index (κ3) is 9.77. The van der Waals surface area contributed by atoms with Crippen LogP contribution in [0.3, 0.4) is 0 Å². The number of nitrogens with one attached hydrogen (secondary N) is 1. The Morgan fingerprint density at radius 2 is 1.73 bits per heavy atom. The smallest absolute Gasteiger partial charge is 0.261 e. The molecule has 0 saturated carbocycles. The van der Waals surface area contributed by atoms with Gasteiger partial charge in [0.25, 0.3) is 0 Å². The molecule has 144 valence electrons.